The van der Waals surface area contributed by atoms with Gasteiger partial charge in [0.05, 0.1) is 0 Å². The molecule has 2 aromatic carbocycles. The van der Waals surface area contributed by atoms with E-state index in [9.17, 15) is 8.78 Å². The van der Waals surface area contributed by atoms with E-state index in [0.29, 0.717) is 0 Å². The Balaban J connectivity index is 0.000000310. The van der Waals surface area contributed by atoms with Gasteiger partial charge in [0.15, 0.2) is 0 Å². The quantitative estimate of drug-likeness (QED) is 0.326. The molecule has 3 rings (SSSR count). The van der Waals surface area contributed by atoms with Crippen LogP contribution in [0, 0.1) is 29.8 Å². The maximum absolute atomic E-state index is 11.9. The zero-order chi connectivity index (χ0) is 15.9. The van der Waals surface area contributed by atoms with E-state index >= 15 is 0 Å². The molecule has 0 fully saturated rings. The van der Waals surface area contributed by atoms with Crippen LogP contribution in [0.2, 0.25) is 0 Å². The van der Waals surface area contributed by atoms with E-state index < -0.39 is 0 Å². The molecule has 0 aromatic heterocycles. The Morgan fingerprint density at radius 3 is 1.61 bits per heavy atom. The largest absolute Gasteiger partial charge is 0.500 e. The zero-order valence-corrected chi connectivity index (χ0v) is 15.0. The molecule has 0 atom stereocenters. The smallest absolute Gasteiger partial charge is 0.0151 e. The first-order valence-electron chi connectivity index (χ1n) is 7.22. The van der Waals surface area contributed by atoms with Crippen molar-refractivity contribution in [3.8, 4) is 0 Å². The van der Waals surface area contributed by atoms with E-state index in [1.807, 2.05) is 0 Å². The number of hydrogen-bond donors (Lipinski definition) is 0. The molecule has 23 heavy (non-hydrogen) atoms. The number of benzene rings is 2. The third-order valence-corrected chi connectivity index (χ3v) is 2.60. The van der Waals surface area contributed by atoms with Crippen molar-refractivity contribution in [2.75, 3.05) is 0 Å². The predicted molar refractivity (Wildman–Crippen MR) is 85.9 cm³/mol. The van der Waals surface area contributed by atoms with Crippen molar-refractivity contribution < 1.29 is 29.8 Å². The molecule has 0 saturated heterocycles. The molecule has 0 bridgehead atoms. The second-order valence-corrected chi connectivity index (χ2v) is 4.43. The second-order valence-electron chi connectivity index (χ2n) is 4.43. The van der Waals surface area contributed by atoms with Crippen molar-refractivity contribution >= 4 is 0 Å². The maximum Gasteiger partial charge on any atom is 0.0151 e. The zero-order valence-electron chi connectivity index (χ0n) is 12.8. The van der Waals surface area contributed by atoms with E-state index in [0.717, 1.165) is 6.42 Å². The van der Waals surface area contributed by atoms with Gasteiger partial charge in [-0.25, -0.2) is 8.78 Å². The molecule has 0 N–H and O–H groups in total. The SMILES string of the molecule is Fc1cc[c-]cc1.Fc1cc[c-]cc1.[C-]1=CCCC=CCC1.[Pt]. The van der Waals surface area contributed by atoms with Gasteiger partial charge >= 0.3 is 0 Å². The van der Waals surface area contributed by atoms with Crippen LogP contribution in [0.25, 0.3) is 0 Å². The van der Waals surface area contributed by atoms with Gasteiger partial charge in [-0.05, 0) is 6.42 Å². The van der Waals surface area contributed by atoms with Crippen molar-refractivity contribution in [2.24, 2.45) is 0 Å². The molecule has 0 amide bonds. The van der Waals surface area contributed by atoms with Crippen molar-refractivity contribution in [1.29, 1.82) is 0 Å². The first-order valence-corrected chi connectivity index (χ1v) is 7.22. The van der Waals surface area contributed by atoms with E-state index in [1.54, 1.807) is 0 Å². The Labute approximate surface area is 152 Å². The molecular weight excluding hydrogens is 473 g/mol. The van der Waals surface area contributed by atoms with Crippen LogP contribution < -0.4 is 0 Å². The molecule has 0 saturated carbocycles. The Morgan fingerprint density at radius 1 is 0.696 bits per heavy atom. The first-order chi connectivity index (χ1) is 10.8. The fourth-order valence-corrected chi connectivity index (χ4v) is 1.52. The van der Waals surface area contributed by atoms with Crippen molar-refractivity contribution in [1.82, 2.24) is 0 Å². The van der Waals surface area contributed by atoms with Gasteiger partial charge in [-0.2, -0.15) is 42.8 Å². The van der Waals surface area contributed by atoms with Crippen LogP contribution in [0.3, 0.4) is 0 Å². The summed E-state index contributed by atoms with van der Waals surface area (Å²) >= 11 is 0. The van der Waals surface area contributed by atoms with Crippen LogP contribution in [0.1, 0.15) is 25.7 Å². The minimum Gasteiger partial charge on any atom is -0.500 e. The fourth-order valence-electron chi connectivity index (χ4n) is 1.52. The van der Waals surface area contributed by atoms with E-state index in [1.165, 1.54) is 67.8 Å². The maximum atomic E-state index is 11.9. The van der Waals surface area contributed by atoms with Crippen LogP contribution in [-0.4, -0.2) is 0 Å². The number of hydrogen-bond acceptors (Lipinski definition) is 0. The average molecular weight is 492 g/mol. The molecule has 0 spiro atoms. The minimum atomic E-state index is -0.209. The topological polar surface area (TPSA) is 0 Å². The third kappa shape index (κ3) is 13.8. The van der Waals surface area contributed by atoms with E-state index in [-0.39, 0.29) is 32.7 Å². The molecule has 0 unspecified atom stereocenters. The van der Waals surface area contributed by atoms with Gasteiger partial charge in [0.25, 0.3) is 0 Å². The molecule has 0 aliphatic heterocycles. The van der Waals surface area contributed by atoms with Crippen LogP contribution in [0.15, 0.2) is 66.8 Å². The molecule has 3 heteroatoms. The number of halogens is 2. The van der Waals surface area contributed by atoms with Gasteiger partial charge in [0, 0.05) is 32.7 Å². The molecular formula is C20H19F2Pt-3. The minimum absolute atomic E-state index is 0. The van der Waals surface area contributed by atoms with Gasteiger partial charge in [0.2, 0.25) is 0 Å². The summed E-state index contributed by atoms with van der Waals surface area (Å²) in [6.07, 6.45) is 14.5. The molecule has 2 aromatic rings. The predicted octanol–water partition coefficient (Wildman–Crippen LogP) is 5.73. The molecule has 126 valence electrons. The van der Waals surface area contributed by atoms with Gasteiger partial charge in [-0.3, -0.25) is 6.08 Å². The van der Waals surface area contributed by atoms with Crippen molar-refractivity contribution in [3.63, 3.8) is 0 Å². The normalized spacial score (nSPS) is 12.3. The Bertz CT molecular complexity index is 473. The summed E-state index contributed by atoms with van der Waals surface area (Å²) in [6, 6.07) is 17.0. The van der Waals surface area contributed by atoms with E-state index in [4.69, 9.17) is 0 Å². The summed E-state index contributed by atoms with van der Waals surface area (Å²) in [5, 5.41) is 0. The monoisotopic (exact) mass is 492 g/mol. The number of allylic oxidation sites excluding steroid dienone is 4. The summed E-state index contributed by atoms with van der Waals surface area (Å²) in [5.74, 6) is -0.419. The number of rotatable bonds is 0. The summed E-state index contributed by atoms with van der Waals surface area (Å²) in [4.78, 5) is 0. The molecule has 1 aliphatic carbocycles. The van der Waals surface area contributed by atoms with Gasteiger partial charge in [-0.15, -0.1) is 24.3 Å². The van der Waals surface area contributed by atoms with Crippen molar-refractivity contribution in [3.05, 3.63) is 96.6 Å². The summed E-state index contributed by atoms with van der Waals surface area (Å²) in [5.41, 5.74) is 0. The summed E-state index contributed by atoms with van der Waals surface area (Å²) < 4.78 is 23.8. The molecule has 0 nitrogen and oxygen atoms in total. The van der Waals surface area contributed by atoms with Crippen LogP contribution in [0.5, 0.6) is 0 Å². The summed E-state index contributed by atoms with van der Waals surface area (Å²) in [6.45, 7) is 0. The molecule has 1 aliphatic rings. The average Bonchev–Trinajstić information content (AvgIpc) is 2.49. The second kappa shape index (κ2) is 15.4. The third-order valence-electron chi connectivity index (χ3n) is 2.60. The van der Waals surface area contributed by atoms with Gasteiger partial charge in [-0.1, -0.05) is 25.0 Å². The molecule has 0 radical (unpaired) electrons. The Kier molecular flexibility index (Phi) is 14.3. The fraction of sp³-hybridized carbons (Fsp3) is 0.200. The van der Waals surface area contributed by atoms with Crippen molar-refractivity contribution in [2.45, 2.75) is 25.7 Å². The van der Waals surface area contributed by atoms with E-state index in [2.05, 4.69) is 36.4 Å². The van der Waals surface area contributed by atoms with Crippen LogP contribution in [0.4, 0.5) is 8.78 Å². The van der Waals surface area contributed by atoms with Gasteiger partial charge < -0.3 is 6.08 Å². The van der Waals surface area contributed by atoms with Gasteiger partial charge in [0.1, 0.15) is 0 Å². The van der Waals surface area contributed by atoms with Crippen LogP contribution in [-0.2, 0) is 21.1 Å². The standard InChI is InChI=1S/C8H11.2C6H4F.Pt/c1-2-4-6-8-7-5-3-1;2*7-6-4-2-1-3-5-6;/h1-2,7H,3-6H2;2*2-5H;/q3*-1;. The Morgan fingerprint density at radius 2 is 1.17 bits per heavy atom. The summed E-state index contributed by atoms with van der Waals surface area (Å²) in [7, 11) is 0. The van der Waals surface area contributed by atoms with Crippen LogP contribution >= 0.6 is 0 Å². The molecule has 0 heterocycles. The Hall–Kier alpha value is -1.53. The first kappa shape index (κ1) is 21.5.